The van der Waals surface area contributed by atoms with Gasteiger partial charge in [0.15, 0.2) is 6.23 Å². The number of hydrogen-bond acceptors (Lipinski definition) is 2. The molecule has 1 aliphatic carbocycles. The van der Waals surface area contributed by atoms with Gasteiger partial charge in [-0.15, -0.1) is 5.54 Å². The second-order valence-electron chi connectivity index (χ2n) is 10.0. The van der Waals surface area contributed by atoms with Crippen molar-refractivity contribution in [2.45, 2.75) is 90.1 Å². The normalized spacial score (nSPS) is 19.2. The Kier molecular flexibility index (Phi) is 6.54. The van der Waals surface area contributed by atoms with Crippen LogP contribution in [0.3, 0.4) is 0 Å². The lowest BCUT2D eigenvalue weighted by atomic mass is 10.0. The molecule has 5 heteroatoms. The Hall–Kier alpha value is -1.35. The maximum Gasteiger partial charge on any atom is 0.150 e. The van der Waals surface area contributed by atoms with E-state index in [4.69, 9.17) is 9.84 Å². The molecule has 0 amide bonds. The van der Waals surface area contributed by atoms with Crippen molar-refractivity contribution in [3.63, 3.8) is 0 Å². The number of hydrogen-bond donors (Lipinski definition) is 0. The van der Waals surface area contributed by atoms with Crippen molar-refractivity contribution >= 4 is 40.5 Å². The van der Waals surface area contributed by atoms with Crippen LogP contribution in [0.4, 0.5) is 0 Å². The summed E-state index contributed by atoms with van der Waals surface area (Å²) < 4.78 is 9.22. The second-order valence-corrected chi connectivity index (χ2v) is 16.4. The number of ether oxygens (including phenoxy) is 1. The summed E-state index contributed by atoms with van der Waals surface area (Å²) in [7, 11) is -1.76. The van der Waals surface area contributed by atoms with E-state index in [2.05, 4.69) is 85.8 Å². The van der Waals surface area contributed by atoms with E-state index in [1.54, 1.807) is 0 Å². The molecular weight excluding hydrogens is 464 g/mol. The lowest BCUT2D eigenvalue weighted by Gasteiger charge is -2.38. The van der Waals surface area contributed by atoms with Crippen LogP contribution in [0.2, 0.25) is 16.6 Å². The predicted molar refractivity (Wildman–Crippen MR) is 137 cm³/mol. The highest BCUT2D eigenvalue weighted by Crippen LogP contribution is 2.43. The van der Waals surface area contributed by atoms with Gasteiger partial charge in [-0.25, -0.2) is 4.68 Å². The summed E-state index contributed by atoms with van der Waals surface area (Å²) in [6.07, 6.45) is 8.67. The highest BCUT2D eigenvalue weighted by atomic mass is 79.9. The van der Waals surface area contributed by atoms with Crippen molar-refractivity contribution < 1.29 is 4.74 Å². The van der Waals surface area contributed by atoms with Gasteiger partial charge in [0.1, 0.15) is 8.07 Å². The molecule has 0 N–H and O–H groups in total. The van der Waals surface area contributed by atoms with Crippen molar-refractivity contribution in [1.82, 2.24) is 9.78 Å². The summed E-state index contributed by atoms with van der Waals surface area (Å²) >= 11 is 3.93. The molecule has 3 nitrogen and oxygen atoms in total. The highest BCUT2D eigenvalue weighted by molar-refractivity contribution is 9.10. The van der Waals surface area contributed by atoms with Crippen molar-refractivity contribution in [3.05, 3.63) is 33.9 Å². The Bertz CT molecular complexity index is 1040. The van der Waals surface area contributed by atoms with Crippen molar-refractivity contribution in [3.8, 4) is 11.5 Å². The SMILES string of the molecule is CC(C)[Si](C#CC1=CCc2cc3c(cnn3C3CCCCO3)c(Br)c21)(C(C)C)C(C)C. The number of nitrogens with zero attached hydrogens (tertiary/aromatic N) is 2. The lowest BCUT2D eigenvalue weighted by molar-refractivity contribution is -0.0366. The molecule has 1 aromatic carbocycles. The first-order valence-corrected chi connectivity index (χ1v) is 14.8. The van der Waals surface area contributed by atoms with Crippen LogP contribution in [0.25, 0.3) is 16.5 Å². The van der Waals surface area contributed by atoms with Gasteiger partial charge in [-0.05, 0) is 69.9 Å². The van der Waals surface area contributed by atoms with Crippen LogP contribution in [0.1, 0.15) is 78.2 Å². The van der Waals surface area contributed by atoms with Crippen LogP contribution >= 0.6 is 15.9 Å². The molecule has 0 spiro atoms. The zero-order chi connectivity index (χ0) is 22.3. The third-order valence-electron chi connectivity index (χ3n) is 7.43. The molecule has 2 heterocycles. The fourth-order valence-electron chi connectivity index (χ4n) is 5.83. The average Bonchev–Trinajstić information content (AvgIpc) is 3.33. The third-order valence-corrected chi connectivity index (χ3v) is 14.5. The van der Waals surface area contributed by atoms with Crippen LogP contribution in [-0.2, 0) is 11.2 Å². The second kappa shape index (κ2) is 8.88. The minimum atomic E-state index is -1.76. The average molecular weight is 500 g/mol. The Morgan fingerprint density at radius 2 is 1.84 bits per heavy atom. The van der Waals surface area contributed by atoms with E-state index in [9.17, 15) is 0 Å². The molecular formula is C26H35BrN2OSi. The molecule has 1 aromatic heterocycles. The largest absolute Gasteiger partial charge is 0.356 e. The smallest absolute Gasteiger partial charge is 0.150 e. The van der Waals surface area contributed by atoms with Gasteiger partial charge in [0.2, 0.25) is 0 Å². The molecule has 1 fully saturated rings. The summed E-state index contributed by atoms with van der Waals surface area (Å²) in [5.41, 5.74) is 10.8. The molecule has 0 bridgehead atoms. The third kappa shape index (κ3) is 3.85. The van der Waals surface area contributed by atoms with Gasteiger partial charge in [0.25, 0.3) is 0 Å². The van der Waals surface area contributed by atoms with Gasteiger partial charge in [-0.2, -0.15) is 5.10 Å². The van der Waals surface area contributed by atoms with Crippen molar-refractivity contribution in [2.24, 2.45) is 0 Å². The van der Waals surface area contributed by atoms with Crippen molar-refractivity contribution in [2.75, 3.05) is 6.61 Å². The Labute approximate surface area is 196 Å². The van der Waals surface area contributed by atoms with Crippen molar-refractivity contribution in [1.29, 1.82) is 0 Å². The highest BCUT2D eigenvalue weighted by Gasteiger charge is 2.41. The van der Waals surface area contributed by atoms with E-state index in [1.807, 2.05) is 6.20 Å². The van der Waals surface area contributed by atoms with Crippen LogP contribution in [0, 0.1) is 11.5 Å². The van der Waals surface area contributed by atoms with Crippen LogP contribution in [0.5, 0.6) is 0 Å². The number of benzene rings is 1. The molecule has 1 atom stereocenters. The fourth-order valence-corrected chi connectivity index (χ4v) is 11.8. The zero-order valence-electron chi connectivity index (χ0n) is 19.8. The fraction of sp³-hybridized carbons (Fsp3) is 0.577. The van der Waals surface area contributed by atoms with Gasteiger partial charge in [0.05, 0.1) is 11.7 Å². The predicted octanol–water partition coefficient (Wildman–Crippen LogP) is 7.66. The molecule has 31 heavy (non-hydrogen) atoms. The standard InChI is InChI=1S/C26H35BrN2OSi/c1-17(2)31(18(3)4,19(5)6)14-12-20-10-11-21-15-23-22(26(27)25(20)21)16-28-29(23)24-9-7-8-13-30-24/h10,15-19,24H,7-9,11,13H2,1-6H3. The minimum Gasteiger partial charge on any atom is -0.356 e. The molecule has 1 saturated heterocycles. The summed E-state index contributed by atoms with van der Waals surface area (Å²) in [6.45, 7) is 15.1. The van der Waals surface area contributed by atoms with Crippen LogP contribution in [-0.4, -0.2) is 24.5 Å². The van der Waals surface area contributed by atoms with Gasteiger partial charge in [0, 0.05) is 27.6 Å². The van der Waals surface area contributed by atoms with E-state index in [-0.39, 0.29) is 6.23 Å². The number of fused-ring (bicyclic) bond motifs is 2. The van der Waals surface area contributed by atoms with Gasteiger partial charge in [-0.1, -0.05) is 53.5 Å². The quantitative estimate of drug-likeness (QED) is 0.319. The minimum absolute atomic E-state index is 0.0552. The topological polar surface area (TPSA) is 27.1 Å². The maximum absolute atomic E-state index is 6.01. The number of aromatic nitrogens is 2. The monoisotopic (exact) mass is 498 g/mol. The van der Waals surface area contributed by atoms with Crippen LogP contribution in [0.15, 0.2) is 22.8 Å². The first kappa shape index (κ1) is 22.8. The molecule has 2 aliphatic rings. The molecule has 0 radical (unpaired) electrons. The Morgan fingerprint density at radius 1 is 1.13 bits per heavy atom. The van der Waals surface area contributed by atoms with E-state index < -0.39 is 8.07 Å². The number of rotatable bonds is 4. The molecule has 166 valence electrons. The molecule has 1 aliphatic heterocycles. The molecule has 2 aromatic rings. The van der Waals surface area contributed by atoms with Gasteiger partial charge in [-0.3, -0.25) is 0 Å². The van der Waals surface area contributed by atoms with Gasteiger partial charge < -0.3 is 4.74 Å². The van der Waals surface area contributed by atoms with Gasteiger partial charge >= 0.3 is 0 Å². The number of allylic oxidation sites excluding steroid dienone is 2. The Morgan fingerprint density at radius 3 is 2.45 bits per heavy atom. The van der Waals surface area contributed by atoms with E-state index >= 15 is 0 Å². The number of halogens is 1. The van der Waals surface area contributed by atoms with E-state index in [0.29, 0.717) is 16.6 Å². The van der Waals surface area contributed by atoms with Crippen LogP contribution < -0.4 is 0 Å². The summed E-state index contributed by atoms with van der Waals surface area (Å²) in [5.74, 6) is 3.69. The molecule has 4 rings (SSSR count). The molecule has 1 unspecified atom stereocenters. The lowest BCUT2D eigenvalue weighted by Crippen LogP contribution is -2.43. The van der Waals surface area contributed by atoms with E-state index in [1.165, 1.54) is 23.1 Å². The zero-order valence-corrected chi connectivity index (χ0v) is 22.3. The summed E-state index contributed by atoms with van der Waals surface area (Å²) in [6, 6.07) is 2.31. The summed E-state index contributed by atoms with van der Waals surface area (Å²) in [4.78, 5) is 0. The van der Waals surface area contributed by atoms with E-state index in [0.717, 1.165) is 41.2 Å². The summed E-state index contributed by atoms with van der Waals surface area (Å²) in [5, 5.41) is 5.87. The first-order valence-electron chi connectivity index (χ1n) is 11.8. The first-order chi connectivity index (χ1) is 14.8. The Balaban J connectivity index is 1.75. The molecule has 0 saturated carbocycles. The maximum atomic E-state index is 6.01.